The van der Waals surface area contributed by atoms with E-state index in [0.29, 0.717) is 36.3 Å². The number of anilines is 2. The molecular weight excluding hydrogens is 349 g/mol. The summed E-state index contributed by atoms with van der Waals surface area (Å²) >= 11 is 0. The van der Waals surface area contributed by atoms with Gasteiger partial charge in [0.15, 0.2) is 0 Å². The molecule has 0 aliphatic rings. The van der Waals surface area contributed by atoms with Gasteiger partial charge in [-0.15, -0.1) is 0 Å². The van der Waals surface area contributed by atoms with Crippen molar-refractivity contribution < 1.29 is 18.8 Å². The maximum absolute atomic E-state index is 12.8. The number of halogens is 1. The van der Waals surface area contributed by atoms with Crippen LogP contribution in [0.3, 0.4) is 0 Å². The van der Waals surface area contributed by atoms with Crippen LogP contribution in [-0.2, 0) is 9.59 Å². The second kappa shape index (κ2) is 10.1. The third-order valence-corrected chi connectivity index (χ3v) is 3.72. The topological polar surface area (TPSA) is 87.3 Å². The lowest BCUT2D eigenvalue weighted by atomic mass is 10.2. The molecule has 6 nitrogen and oxygen atoms in total. The smallest absolute Gasteiger partial charge is 0.251 e. The molecule has 0 radical (unpaired) electrons. The summed E-state index contributed by atoms with van der Waals surface area (Å²) in [5.41, 5.74) is 1.57. The van der Waals surface area contributed by atoms with E-state index in [-0.39, 0.29) is 24.1 Å². The number of carbonyl (C=O) groups excluding carboxylic acids is 3. The van der Waals surface area contributed by atoms with E-state index < -0.39 is 5.82 Å². The van der Waals surface area contributed by atoms with Crippen LogP contribution < -0.4 is 16.0 Å². The van der Waals surface area contributed by atoms with Crippen LogP contribution >= 0.6 is 0 Å². The minimum Gasteiger partial charge on any atom is -0.352 e. The van der Waals surface area contributed by atoms with E-state index in [9.17, 15) is 18.8 Å². The molecule has 0 unspecified atom stereocenters. The lowest BCUT2D eigenvalue weighted by Crippen LogP contribution is -2.25. The largest absolute Gasteiger partial charge is 0.352 e. The molecule has 0 aliphatic heterocycles. The van der Waals surface area contributed by atoms with Crippen molar-refractivity contribution in [2.75, 3.05) is 17.2 Å². The van der Waals surface area contributed by atoms with Crippen LogP contribution in [0.5, 0.6) is 0 Å². The van der Waals surface area contributed by atoms with Crippen molar-refractivity contribution in [2.24, 2.45) is 0 Å². The molecule has 0 saturated heterocycles. The Balaban J connectivity index is 1.73. The first-order valence-corrected chi connectivity index (χ1v) is 8.71. The van der Waals surface area contributed by atoms with Gasteiger partial charge in [-0.25, -0.2) is 4.39 Å². The van der Waals surface area contributed by atoms with Gasteiger partial charge in [0.05, 0.1) is 0 Å². The van der Waals surface area contributed by atoms with Crippen LogP contribution in [0, 0.1) is 5.82 Å². The van der Waals surface area contributed by atoms with E-state index >= 15 is 0 Å². The quantitative estimate of drug-likeness (QED) is 0.622. The summed E-state index contributed by atoms with van der Waals surface area (Å²) in [5.74, 6) is -1.00. The molecule has 0 spiro atoms. The van der Waals surface area contributed by atoms with Gasteiger partial charge in [-0.2, -0.15) is 0 Å². The van der Waals surface area contributed by atoms with Crippen molar-refractivity contribution in [3.05, 3.63) is 59.9 Å². The zero-order valence-electron chi connectivity index (χ0n) is 15.0. The average Bonchev–Trinajstić information content (AvgIpc) is 2.65. The summed E-state index contributed by atoms with van der Waals surface area (Å²) in [6, 6.07) is 12.2. The molecule has 2 aromatic rings. The molecule has 7 heteroatoms. The summed E-state index contributed by atoms with van der Waals surface area (Å²) in [7, 11) is 0. The van der Waals surface area contributed by atoms with Gasteiger partial charge in [0.25, 0.3) is 5.91 Å². The predicted octanol–water partition coefficient (Wildman–Crippen LogP) is 3.32. The second-order valence-corrected chi connectivity index (χ2v) is 5.90. The number of amides is 3. The van der Waals surface area contributed by atoms with Gasteiger partial charge in [-0.05, 0) is 48.9 Å². The van der Waals surface area contributed by atoms with E-state index in [1.807, 2.05) is 0 Å². The van der Waals surface area contributed by atoms with Crippen molar-refractivity contribution in [1.82, 2.24) is 5.32 Å². The van der Waals surface area contributed by atoms with Gasteiger partial charge in [0.2, 0.25) is 11.8 Å². The van der Waals surface area contributed by atoms with E-state index in [2.05, 4.69) is 16.0 Å². The monoisotopic (exact) mass is 371 g/mol. The van der Waals surface area contributed by atoms with Gasteiger partial charge in [0.1, 0.15) is 5.82 Å². The predicted molar refractivity (Wildman–Crippen MR) is 102 cm³/mol. The molecule has 0 bridgehead atoms. The summed E-state index contributed by atoms with van der Waals surface area (Å²) in [6.45, 7) is 2.09. The van der Waals surface area contributed by atoms with Crippen LogP contribution in [0.2, 0.25) is 0 Å². The van der Waals surface area contributed by atoms with E-state index in [0.717, 1.165) is 0 Å². The van der Waals surface area contributed by atoms with Gasteiger partial charge in [-0.1, -0.05) is 13.0 Å². The second-order valence-electron chi connectivity index (χ2n) is 5.90. The van der Waals surface area contributed by atoms with Crippen LogP contribution in [0.15, 0.2) is 48.5 Å². The molecule has 2 rings (SSSR count). The van der Waals surface area contributed by atoms with Crippen LogP contribution in [0.25, 0.3) is 0 Å². The first-order chi connectivity index (χ1) is 13.0. The van der Waals surface area contributed by atoms with Gasteiger partial charge >= 0.3 is 0 Å². The molecule has 27 heavy (non-hydrogen) atoms. The zero-order chi connectivity index (χ0) is 19.6. The highest BCUT2D eigenvalue weighted by Gasteiger charge is 2.07. The molecule has 0 saturated carbocycles. The molecule has 3 N–H and O–H groups in total. The number of rotatable bonds is 8. The number of nitrogens with one attached hydrogen (secondary N) is 3. The van der Waals surface area contributed by atoms with Crippen LogP contribution in [0.4, 0.5) is 15.8 Å². The average molecular weight is 371 g/mol. The lowest BCUT2D eigenvalue weighted by Gasteiger charge is -2.09. The van der Waals surface area contributed by atoms with Gasteiger partial charge in [-0.3, -0.25) is 14.4 Å². The fraction of sp³-hybridized carbons (Fsp3) is 0.250. The zero-order valence-corrected chi connectivity index (χ0v) is 15.0. The minimum atomic E-state index is -0.401. The first-order valence-electron chi connectivity index (χ1n) is 8.71. The molecule has 0 aromatic heterocycles. The molecule has 2 aromatic carbocycles. The molecule has 0 atom stereocenters. The SMILES string of the molecule is CCC(=O)Nc1cccc(NC(=O)CCCNC(=O)c2ccc(F)cc2)c1. The standard InChI is InChI=1S/C20H22FN3O3/c1-2-18(25)23-16-5-3-6-17(13-16)24-19(26)7-4-12-22-20(27)14-8-10-15(21)11-9-14/h3,5-6,8-11,13H,2,4,7,12H2,1H3,(H,22,27)(H,23,25)(H,24,26). The molecule has 0 aliphatic carbocycles. The lowest BCUT2D eigenvalue weighted by molar-refractivity contribution is -0.116. The van der Waals surface area contributed by atoms with Gasteiger partial charge < -0.3 is 16.0 Å². The maximum Gasteiger partial charge on any atom is 0.251 e. The molecule has 142 valence electrons. The third kappa shape index (κ3) is 6.89. The Morgan fingerprint density at radius 1 is 0.926 bits per heavy atom. The highest BCUT2D eigenvalue weighted by Crippen LogP contribution is 2.15. The molecule has 3 amide bonds. The number of hydrogen-bond acceptors (Lipinski definition) is 3. The van der Waals surface area contributed by atoms with Crippen molar-refractivity contribution in [2.45, 2.75) is 26.2 Å². The van der Waals surface area contributed by atoms with E-state index in [4.69, 9.17) is 0 Å². The Kier molecular flexibility index (Phi) is 7.49. The van der Waals surface area contributed by atoms with Crippen LogP contribution in [0.1, 0.15) is 36.5 Å². The van der Waals surface area contributed by atoms with Gasteiger partial charge in [0, 0.05) is 36.3 Å². The normalized spacial score (nSPS) is 10.1. The Bertz CT molecular complexity index is 806. The fourth-order valence-electron chi connectivity index (χ4n) is 2.30. The summed E-state index contributed by atoms with van der Waals surface area (Å²) in [6.07, 6.45) is 1.07. The van der Waals surface area contributed by atoms with Crippen LogP contribution in [-0.4, -0.2) is 24.3 Å². The Morgan fingerprint density at radius 3 is 2.19 bits per heavy atom. The number of hydrogen-bond donors (Lipinski definition) is 3. The highest BCUT2D eigenvalue weighted by molar-refractivity contribution is 5.95. The van der Waals surface area contributed by atoms with Crippen molar-refractivity contribution >= 4 is 29.1 Å². The molecule has 0 heterocycles. The third-order valence-electron chi connectivity index (χ3n) is 3.72. The number of carbonyl (C=O) groups is 3. The molecule has 0 fully saturated rings. The Morgan fingerprint density at radius 2 is 1.56 bits per heavy atom. The van der Waals surface area contributed by atoms with Crippen molar-refractivity contribution in [3.63, 3.8) is 0 Å². The maximum atomic E-state index is 12.8. The molecular formula is C20H22FN3O3. The summed E-state index contributed by atoms with van der Waals surface area (Å²) in [4.78, 5) is 35.3. The van der Waals surface area contributed by atoms with Crippen molar-refractivity contribution in [3.8, 4) is 0 Å². The van der Waals surface area contributed by atoms with E-state index in [1.165, 1.54) is 24.3 Å². The minimum absolute atomic E-state index is 0.102. The highest BCUT2D eigenvalue weighted by atomic mass is 19.1. The van der Waals surface area contributed by atoms with E-state index in [1.54, 1.807) is 31.2 Å². The Labute approximate surface area is 157 Å². The van der Waals surface area contributed by atoms with Crippen molar-refractivity contribution in [1.29, 1.82) is 0 Å². The fourth-order valence-corrected chi connectivity index (χ4v) is 2.30. The number of benzene rings is 2. The summed E-state index contributed by atoms with van der Waals surface area (Å²) < 4.78 is 12.8. The first kappa shape index (κ1) is 20.1. The summed E-state index contributed by atoms with van der Waals surface area (Å²) in [5, 5.41) is 8.17. The Hall–Kier alpha value is -3.22.